The molecule has 1 N–H and O–H groups in total. The van der Waals surface area contributed by atoms with Crippen molar-refractivity contribution in [3.63, 3.8) is 0 Å². The maximum Gasteiger partial charge on any atom is 0.331 e. The van der Waals surface area contributed by atoms with Gasteiger partial charge in [-0.15, -0.1) is 0 Å². The van der Waals surface area contributed by atoms with Crippen LogP contribution in [0.5, 0.6) is 5.75 Å². The summed E-state index contributed by atoms with van der Waals surface area (Å²) in [4.78, 5) is 25.1. The van der Waals surface area contributed by atoms with E-state index in [1.165, 1.54) is 0 Å². The smallest absolute Gasteiger partial charge is 0.331 e. The number of rotatable bonds is 4. The number of hydrogen-bond acceptors (Lipinski definition) is 4. The first-order chi connectivity index (χ1) is 11.1. The molecule has 0 radical (unpaired) electrons. The molecule has 0 aromatic heterocycles. The number of nitrogens with one attached hydrogen (secondary N) is 1. The second-order valence-corrected chi connectivity index (χ2v) is 6.27. The van der Waals surface area contributed by atoms with E-state index in [1.807, 2.05) is 24.3 Å². The molecule has 1 aliphatic heterocycles. The molecule has 1 fully saturated rings. The van der Waals surface area contributed by atoms with Crippen molar-refractivity contribution in [1.29, 1.82) is 0 Å². The van der Waals surface area contributed by atoms with Crippen molar-refractivity contribution in [1.82, 2.24) is 5.32 Å². The van der Waals surface area contributed by atoms with Gasteiger partial charge in [0.15, 0.2) is 6.10 Å². The summed E-state index contributed by atoms with van der Waals surface area (Å²) in [5.41, 5.74) is 0.144. The van der Waals surface area contributed by atoms with Gasteiger partial charge in [0, 0.05) is 6.42 Å². The first kappa shape index (κ1) is 15.8. The number of esters is 1. The van der Waals surface area contributed by atoms with Crippen molar-refractivity contribution in [2.75, 3.05) is 6.61 Å². The Kier molecular flexibility index (Phi) is 4.55. The largest absolute Gasteiger partial charge is 0.480 e. The lowest BCUT2D eigenvalue weighted by atomic mass is 9.81. The molecule has 5 nitrogen and oxygen atoms in total. The van der Waals surface area contributed by atoms with E-state index < -0.39 is 11.6 Å². The van der Waals surface area contributed by atoms with Gasteiger partial charge < -0.3 is 14.8 Å². The molecule has 2 aliphatic rings. The molecule has 0 spiro atoms. The quantitative estimate of drug-likeness (QED) is 0.866. The summed E-state index contributed by atoms with van der Waals surface area (Å²) < 4.78 is 10.9. The van der Waals surface area contributed by atoms with Gasteiger partial charge >= 0.3 is 5.97 Å². The van der Waals surface area contributed by atoms with Crippen LogP contribution in [0, 0.1) is 0 Å². The van der Waals surface area contributed by atoms with Crippen LogP contribution < -0.4 is 10.1 Å². The zero-order valence-corrected chi connectivity index (χ0v) is 13.5. The molecular formula is C18H23NO4. The minimum atomic E-state index is -0.885. The second-order valence-electron chi connectivity index (χ2n) is 6.27. The Morgan fingerprint density at radius 1 is 1.26 bits per heavy atom. The topological polar surface area (TPSA) is 64.6 Å². The maximum absolute atomic E-state index is 12.7. The number of hydrogen-bond donors (Lipinski definition) is 1. The standard InChI is InChI=1S/C18H23NO4/c1-2-22-17(21)18(10-6-3-7-11-18)19-16(20)15-12-13-8-4-5-9-14(13)23-15/h4-5,8-9,15H,2-3,6-7,10-12H2,1H3,(H,19,20)/t15-/m1/s1. The molecule has 1 aromatic rings. The average molecular weight is 317 g/mol. The van der Waals surface area contributed by atoms with Crippen LogP contribution in [0.3, 0.4) is 0 Å². The van der Waals surface area contributed by atoms with Crippen molar-refractivity contribution < 1.29 is 19.1 Å². The fourth-order valence-corrected chi connectivity index (χ4v) is 3.45. The summed E-state index contributed by atoms with van der Waals surface area (Å²) >= 11 is 0. The lowest BCUT2D eigenvalue weighted by molar-refractivity contribution is -0.155. The van der Waals surface area contributed by atoms with Crippen LogP contribution >= 0.6 is 0 Å². The third kappa shape index (κ3) is 3.19. The van der Waals surface area contributed by atoms with Crippen LogP contribution in [0.2, 0.25) is 0 Å². The predicted octanol–water partition coefficient (Wildman–Crippen LogP) is 2.37. The van der Waals surface area contributed by atoms with Gasteiger partial charge in [-0.05, 0) is 31.4 Å². The van der Waals surface area contributed by atoms with Gasteiger partial charge in [-0.3, -0.25) is 4.79 Å². The molecule has 0 bridgehead atoms. The molecular weight excluding hydrogens is 294 g/mol. The summed E-state index contributed by atoms with van der Waals surface area (Å²) in [5, 5.41) is 2.96. The molecule has 3 rings (SSSR count). The molecule has 5 heteroatoms. The number of benzene rings is 1. The highest BCUT2D eigenvalue weighted by atomic mass is 16.5. The van der Waals surface area contributed by atoms with E-state index in [0.29, 0.717) is 25.9 Å². The Morgan fingerprint density at radius 2 is 2.00 bits per heavy atom. The summed E-state index contributed by atoms with van der Waals surface area (Å²) in [6.07, 6.45) is 4.17. The fraction of sp³-hybridized carbons (Fsp3) is 0.556. The van der Waals surface area contributed by atoms with E-state index in [4.69, 9.17) is 9.47 Å². The van der Waals surface area contributed by atoms with Crippen LogP contribution in [0.15, 0.2) is 24.3 Å². The zero-order valence-electron chi connectivity index (χ0n) is 13.5. The lowest BCUT2D eigenvalue weighted by Gasteiger charge is -2.36. The minimum Gasteiger partial charge on any atom is -0.480 e. The van der Waals surface area contributed by atoms with Crippen LogP contribution in [-0.2, 0) is 20.7 Å². The number of para-hydroxylation sites is 1. The first-order valence-corrected chi connectivity index (χ1v) is 8.38. The summed E-state index contributed by atoms with van der Waals surface area (Å²) in [5.74, 6) is 0.209. The zero-order chi connectivity index (χ0) is 16.3. The van der Waals surface area contributed by atoms with Crippen molar-refractivity contribution in [2.24, 2.45) is 0 Å². The number of fused-ring (bicyclic) bond motifs is 1. The average Bonchev–Trinajstić information content (AvgIpc) is 3.00. The molecule has 1 atom stereocenters. The Hall–Kier alpha value is -2.04. The number of ether oxygens (including phenoxy) is 2. The Bertz CT molecular complexity index is 567. The Morgan fingerprint density at radius 3 is 2.70 bits per heavy atom. The highest BCUT2D eigenvalue weighted by molar-refractivity contribution is 5.90. The molecule has 0 saturated heterocycles. The normalized spacial score (nSPS) is 21.9. The van der Waals surface area contributed by atoms with Gasteiger partial charge in [-0.2, -0.15) is 0 Å². The minimum absolute atomic E-state index is 0.226. The first-order valence-electron chi connectivity index (χ1n) is 8.38. The predicted molar refractivity (Wildman–Crippen MR) is 85.2 cm³/mol. The maximum atomic E-state index is 12.7. The highest BCUT2D eigenvalue weighted by Crippen LogP contribution is 2.32. The third-order valence-electron chi connectivity index (χ3n) is 4.68. The van der Waals surface area contributed by atoms with Gasteiger partial charge in [0.05, 0.1) is 6.61 Å². The number of carbonyl (C=O) groups is 2. The van der Waals surface area contributed by atoms with E-state index in [1.54, 1.807) is 6.92 Å². The van der Waals surface area contributed by atoms with Gasteiger partial charge in [0.25, 0.3) is 5.91 Å². The van der Waals surface area contributed by atoms with Crippen molar-refractivity contribution in [3.05, 3.63) is 29.8 Å². The third-order valence-corrected chi connectivity index (χ3v) is 4.68. The van der Waals surface area contributed by atoms with E-state index in [2.05, 4.69) is 5.32 Å². The number of amides is 1. The summed E-state index contributed by atoms with van der Waals surface area (Å²) in [7, 11) is 0. The van der Waals surface area contributed by atoms with Crippen molar-refractivity contribution in [2.45, 2.75) is 57.1 Å². The molecule has 124 valence electrons. The number of carbonyl (C=O) groups excluding carboxylic acids is 2. The SMILES string of the molecule is CCOC(=O)C1(NC(=O)[C@H]2Cc3ccccc3O2)CCCCC1. The molecule has 1 aromatic carbocycles. The highest BCUT2D eigenvalue weighted by Gasteiger charge is 2.44. The monoisotopic (exact) mass is 317 g/mol. The van der Waals surface area contributed by atoms with E-state index in [0.717, 1.165) is 30.6 Å². The Labute approximate surface area is 136 Å². The Balaban J connectivity index is 1.71. The summed E-state index contributed by atoms with van der Waals surface area (Å²) in [6, 6.07) is 7.65. The molecule has 0 unspecified atom stereocenters. The van der Waals surface area contributed by atoms with Gasteiger partial charge in [0.2, 0.25) is 0 Å². The van der Waals surface area contributed by atoms with E-state index >= 15 is 0 Å². The van der Waals surface area contributed by atoms with Gasteiger partial charge in [0.1, 0.15) is 11.3 Å². The van der Waals surface area contributed by atoms with Gasteiger partial charge in [-0.1, -0.05) is 37.5 Å². The van der Waals surface area contributed by atoms with Crippen LogP contribution in [0.1, 0.15) is 44.6 Å². The summed E-state index contributed by atoms with van der Waals surface area (Å²) in [6.45, 7) is 2.11. The molecule has 1 aliphatic carbocycles. The molecule has 23 heavy (non-hydrogen) atoms. The molecule has 1 heterocycles. The molecule has 1 saturated carbocycles. The fourth-order valence-electron chi connectivity index (χ4n) is 3.45. The van der Waals surface area contributed by atoms with E-state index in [9.17, 15) is 9.59 Å². The van der Waals surface area contributed by atoms with Crippen LogP contribution in [-0.4, -0.2) is 30.1 Å². The van der Waals surface area contributed by atoms with Crippen molar-refractivity contribution >= 4 is 11.9 Å². The lowest BCUT2D eigenvalue weighted by Crippen LogP contribution is -2.59. The van der Waals surface area contributed by atoms with Crippen LogP contribution in [0.25, 0.3) is 0 Å². The second kappa shape index (κ2) is 6.60. The van der Waals surface area contributed by atoms with Crippen molar-refractivity contribution in [3.8, 4) is 5.75 Å². The van der Waals surface area contributed by atoms with E-state index in [-0.39, 0.29) is 11.9 Å². The van der Waals surface area contributed by atoms with Crippen LogP contribution in [0.4, 0.5) is 0 Å². The van der Waals surface area contributed by atoms with Gasteiger partial charge in [-0.25, -0.2) is 4.79 Å². The molecule has 1 amide bonds.